The molecule has 100 valence electrons. The number of rotatable bonds is 4. The molecule has 0 fully saturated rings. The van der Waals surface area contributed by atoms with E-state index in [1.54, 1.807) is 7.11 Å². The molecule has 4 heteroatoms. The van der Waals surface area contributed by atoms with Gasteiger partial charge in [0.15, 0.2) is 0 Å². The average Bonchev–Trinajstić information content (AvgIpc) is 2.38. The van der Waals surface area contributed by atoms with Crippen LogP contribution in [0.1, 0.15) is 11.1 Å². The molecule has 0 spiro atoms. The highest BCUT2D eigenvalue weighted by atomic mass is 79.9. The maximum absolute atomic E-state index is 5.29. The van der Waals surface area contributed by atoms with Gasteiger partial charge in [0.25, 0.3) is 0 Å². The molecule has 0 radical (unpaired) electrons. The minimum absolute atomic E-state index is 0.768. The first-order valence-electron chi connectivity index (χ1n) is 5.92. The number of ether oxygens (including phenoxy) is 1. The van der Waals surface area contributed by atoms with Crippen molar-refractivity contribution in [2.24, 2.45) is 0 Å². The van der Waals surface area contributed by atoms with Crippen LogP contribution in [-0.4, -0.2) is 7.11 Å². The van der Waals surface area contributed by atoms with Crippen LogP contribution >= 0.6 is 31.9 Å². The van der Waals surface area contributed by atoms with Crippen LogP contribution in [0.3, 0.4) is 0 Å². The quantitative estimate of drug-likeness (QED) is 0.787. The molecule has 2 rings (SSSR count). The van der Waals surface area contributed by atoms with Crippen LogP contribution in [-0.2, 0) is 6.54 Å². The largest absolute Gasteiger partial charge is 0.494 e. The van der Waals surface area contributed by atoms with Crippen LogP contribution in [0.5, 0.6) is 5.75 Å². The van der Waals surface area contributed by atoms with Gasteiger partial charge in [0.2, 0.25) is 0 Å². The van der Waals surface area contributed by atoms with E-state index < -0.39 is 0 Å². The lowest BCUT2D eigenvalue weighted by Crippen LogP contribution is -2.00. The number of benzene rings is 2. The van der Waals surface area contributed by atoms with Gasteiger partial charge in [0, 0.05) is 12.2 Å². The second-order valence-electron chi connectivity index (χ2n) is 4.31. The maximum atomic E-state index is 5.29. The van der Waals surface area contributed by atoms with Crippen molar-refractivity contribution in [3.63, 3.8) is 0 Å². The lowest BCUT2D eigenvalue weighted by Gasteiger charge is -2.11. The van der Waals surface area contributed by atoms with E-state index in [2.05, 4.69) is 80.5 Å². The molecular weight excluding hydrogens is 370 g/mol. The molecule has 0 aliphatic carbocycles. The van der Waals surface area contributed by atoms with Crippen molar-refractivity contribution in [2.75, 3.05) is 12.4 Å². The van der Waals surface area contributed by atoms with Gasteiger partial charge in [0.05, 0.1) is 16.1 Å². The minimum atomic E-state index is 0.768. The fourth-order valence-electron chi connectivity index (χ4n) is 1.78. The molecular formula is C15H15Br2NO. The Morgan fingerprint density at radius 3 is 2.16 bits per heavy atom. The van der Waals surface area contributed by atoms with E-state index in [0.29, 0.717) is 0 Å². The Labute approximate surface area is 130 Å². The molecule has 2 aromatic carbocycles. The van der Waals surface area contributed by atoms with Crippen molar-refractivity contribution in [3.05, 3.63) is 56.5 Å². The van der Waals surface area contributed by atoms with Crippen molar-refractivity contribution in [2.45, 2.75) is 13.5 Å². The lowest BCUT2D eigenvalue weighted by molar-refractivity contribution is 0.409. The normalized spacial score (nSPS) is 10.3. The average molecular weight is 385 g/mol. The third kappa shape index (κ3) is 3.74. The number of halogens is 2. The minimum Gasteiger partial charge on any atom is -0.494 e. The first kappa shape index (κ1) is 14.4. The van der Waals surface area contributed by atoms with Crippen molar-refractivity contribution in [1.29, 1.82) is 0 Å². The lowest BCUT2D eigenvalue weighted by atomic mass is 10.2. The summed E-state index contributed by atoms with van der Waals surface area (Å²) in [5.41, 5.74) is 3.56. The predicted octanol–water partition coefficient (Wildman–Crippen LogP) is 5.14. The topological polar surface area (TPSA) is 21.3 Å². The number of nitrogens with one attached hydrogen (secondary N) is 1. The number of aryl methyl sites for hydroxylation is 1. The van der Waals surface area contributed by atoms with Crippen LogP contribution in [0.25, 0.3) is 0 Å². The van der Waals surface area contributed by atoms with Crippen LogP contribution in [0, 0.1) is 6.92 Å². The first-order valence-corrected chi connectivity index (χ1v) is 7.51. The smallest absolute Gasteiger partial charge is 0.147 e. The van der Waals surface area contributed by atoms with Gasteiger partial charge in [-0.3, -0.25) is 0 Å². The maximum Gasteiger partial charge on any atom is 0.147 e. The fourth-order valence-corrected chi connectivity index (χ4v) is 3.39. The molecule has 2 aromatic rings. The molecule has 0 amide bonds. The summed E-state index contributed by atoms with van der Waals surface area (Å²) in [4.78, 5) is 0. The van der Waals surface area contributed by atoms with Gasteiger partial charge in [-0.1, -0.05) is 17.7 Å². The molecule has 19 heavy (non-hydrogen) atoms. The van der Waals surface area contributed by atoms with Gasteiger partial charge in [-0.2, -0.15) is 0 Å². The molecule has 0 atom stereocenters. The Hall–Kier alpha value is -1.00. The third-order valence-corrected chi connectivity index (χ3v) is 3.99. The Morgan fingerprint density at radius 2 is 1.63 bits per heavy atom. The number of anilines is 1. The van der Waals surface area contributed by atoms with Gasteiger partial charge in [-0.25, -0.2) is 0 Å². The molecule has 2 nitrogen and oxygen atoms in total. The van der Waals surface area contributed by atoms with E-state index in [1.807, 2.05) is 0 Å². The first-order chi connectivity index (χ1) is 9.10. The fraction of sp³-hybridized carbons (Fsp3) is 0.200. The Balaban J connectivity index is 2.09. The second kappa shape index (κ2) is 6.44. The van der Waals surface area contributed by atoms with Crippen molar-refractivity contribution >= 4 is 37.5 Å². The number of hydrogen-bond donors (Lipinski definition) is 1. The Morgan fingerprint density at radius 1 is 1.05 bits per heavy atom. The molecule has 0 aliphatic rings. The van der Waals surface area contributed by atoms with E-state index in [1.165, 1.54) is 11.1 Å². The summed E-state index contributed by atoms with van der Waals surface area (Å²) < 4.78 is 7.19. The summed E-state index contributed by atoms with van der Waals surface area (Å²) in [7, 11) is 1.66. The third-order valence-electron chi connectivity index (χ3n) is 2.81. The molecule has 0 saturated carbocycles. The van der Waals surface area contributed by atoms with Crippen LogP contribution in [0.15, 0.2) is 45.3 Å². The summed E-state index contributed by atoms with van der Waals surface area (Å²) in [6.45, 7) is 2.85. The highest BCUT2D eigenvalue weighted by Gasteiger charge is 2.07. The molecule has 0 heterocycles. The Bertz CT molecular complexity index is 544. The molecule has 0 aromatic heterocycles. The summed E-state index contributed by atoms with van der Waals surface area (Å²) in [5.74, 6) is 0.819. The van der Waals surface area contributed by atoms with Crippen LogP contribution in [0.2, 0.25) is 0 Å². The zero-order valence-electron chi connectivity index (χ0n) is 10.8. The summed E-state index contributed by atoms with van der Waals surface area (Å²) in [6, 6.07) is 12.5. The number of methoxy groups -OCH3 is 1. The van der Waals surface area contributed by atoms with E-state index in [4.69, 9.17) is 4.74 Å². The van der Waals surface area contributed by atoms with Crippen molar-refractivity contribution in [3.8, 4) is 5.75 Å². The van der Waals surface area contributed by atoms with Gasteiger partial charge in [-0.15, -0.1) is 0 Å². The zero-order chi connectivity index (χ0) is 13.8. The zero-order valence-corrected chi connectivity index (χ0v) is 14.0. The SMILES string of the molecule is COc1c(Br)cc(CNc2ccc(C)cc2)cc1Br. The predicted molar refractivity (Wildman–Crippen MR) is 86.9 cm³/mol. The monoisotopic (exact) mass is 383 g/mol. The summed E-state index contributed by atoms with van der Waals surface area (Å²) in [5, 5.41) is 3.40. The summed E-state index contributed by atoms with van der Waals surface area (Å²) >= 11 is 7.02. The van der Waals surface area contributed by atoms with Crippen molar-refractivity contribution < 1.29 is 4.74 Å². The molecule has 0 bridgehead atoms. The highest BCUT2D eigenvalue weighted by molar-refractivity contribution is 9.11. The number of hydrogen-bond acceptors (Lipinski definition) is 2. The van der Waals surface area contributed by atoms with E-state index in [9.17, 15) is 0 Å². The van der Waals surface area contributed by atoms with Crippen LogP contribution < -0.4 is 10.1 Å². The molecule has 1 N–H and O–H groups in total. The van der Waals surface area contributed by atoms with E-state index in [-0.39, 0.29) is 0 Å². The summed E-state index contributed by atoms with van der Waals surface area (Å²) in [6.07, 6.45) is 0. The van der Waals surface area contributed by atoms with Gasteiger partial charge in [0.1, 0.15) is 5.75 Å². The van der Waals surface area contributed by atoms with Gasteiger partial charge in [-0.05, 0) is 68.6 Å². The molecule has 0 unspecified atom stereocenters. The highest BCUT2D eigenvalue weighted by Crippen LogP contribution is 2.34. The standard InChI is InChI=1S/C15H15Br2NO/c1-10-3-5-12(6-4-10)18-9-11-7-13(16)15(19-2)14(17)8-11/h3-8,18H,9H2,1-2H3. The van der Waals surface area contributed by atoms with Crippen LogP contribution in [0.4, 0.5) is 5.69 Å². The van der Waals surface area contributed by atoms with E-state index in [0.717, 1.165) is 26.9 Å². The Kier molecular flexibility index (Phi) is 4.88. The van der Waals surface area contributed by atoms with Gasteiger partial charge < -0.3 is 10.1 Å². The molecule has 0 aliphatic heterocycles. The van der Waals surface area contributed by atoms with E-state index >= 15 is 0 Å². The van der Waals surface area contributed by atoms with Crippen molar-refractivity contribution in [1.82, 2.24) is 0 Å². The second-order valence-corrected chi connectivity index (χ2v) is 6.02. The molecule has 0 saturated heterocycles. The van der Waals surface area contributed by atoms with Gasteiger partial charge >= 0.3 is 0 Å².